The molecule has 0 aromatic heterocycles. The first-order valence-electron chi connectivity index (χ1n) is 4.10. The maximum atomic E-state index is 11.7. The van der Waals surface area contributed by atoms with E-state index >= 15 is 0 Å². The van der Waals surface area contributed by atoms with E-state index in [4.69, 9.17) is 5.73 Å². The van der Waals surface area contributed by atoms with Gasteiger partial charge in [0.2, 0.25) is 0 Å². The number of phenolic OH excluding ortho intramolecular Hbond substituents is 1. The molecule has 6 heteroatoms. The van der Waals surface area contributed by atoms with Crippen LogP contribution in [0.4, 0.5) is 18.9 Å². The van der Waals surface area contributed by atoms with Crippen molar-refractivity contribution in [2.75, 3.05) is 12.3 Å². The molecule has 0 bridgehead atoms. The zero-order chi connectivity index (χ0) is 11.5. The smallest absolute Gasteiger partial charge is 0.411 e. The van der Waals surface area contributed by atoms with Gasteiger partial charge >= 0.3 is 6.18 Å². The van der Waals surface area contributed by atoms with E-state index in [1.807, 2.05) is 0 Å². The second-order valence-electron chi connectivity index (χ2n) is 3.00. The first-order valence-corrected chi connectivity index (χ1v) is 4.10. The summed E-state index contributed by atoms with van der Waals surface area (Å²) in [6.45, 7) is -1.67. The third kappa shape index (κ3) is 4.07. The van der Waals surface area contributed by atoms with Gasteiger partial charge in [-0.05, 0) is 18.2 Å². The lowest BCUT2D eigenvalue weighted by atomic mass is 10.2. The average molecular weight is 221 g/mol. The van der Waals surface area contributed by atoms with Crippen LogP contribution in [0.25, 0.3) is 0 Å². The summed E-state index contributed by atoms with van der Waals surface area (Å²) in [4.78, 5) is 0. The summed E-state index contributed by atoms with van der Waals surface area (Å²) in [6.07, 6.45) is -4.37. The topological polar surface area (TPSA) is 55.5 Å². The molecule has 0 atom stereocenters. The van der Waals surface area contributed by atoms with Gasteiger partial charge in [0.05, 0.1) is 6.61 Å². The minimum absolute atomic E-state index is 0.133. The number of benzene rings is 1. The summed E-state index contributed by atoms with van der Waals surface area (Å²) < 4.78 is 39.6. The molecule has 0 aliphatic rings. The highest BCUT2D eigenvalue weighted by molar-refractivity contribution is 5.46. The highest BCUT2D eigenvalue weighted by Crippen LogP contribution is 2.22. The molecule has 84 valence electrons. The van der Waals surface area contributed by atoms with E-state index < -0.39 is 12.8 Å². The number of alkyl halides is 3. The minimum Gasteiger partial charge on any atom is -0.508 e. The normalized spacial score (nSPS) is 11.7. The van der Waals surface area contributed by atoms with E-state index in [2.05, 4.69) is 4.74 Å². The van der Waals surface area contributed by atoms with Crippen molar-refractivity contribution < 1.29 is 23.0 Å². The lowest BCUT2D eigenvalue weighted by molar-refractivity contribution is -0.176. The Hall–Kier alpha value is -1.43. The van der Waals surface area contributed by atoms with Crippen molar-refractivity contribution >= 4 is 5.69 Å². The molecule has 0 spiro atoms. The van der Waals surface area contributed by atoms with Gasteiger partial charge in [0.15, 0.2) is 0 Å². The Morgan fingerprint density at radius 3 is 2.60 bits per heavy atom. The molecule has 0 fully saturated rings. The molecule has 0 amide bonds. The van der Waals surface area contributed by atoms with Crippen molar-refractivity contribution in [1.29, 1.82) is 0 Å². The first-order chi connectivity index (χ1) is 6.88. The zero-order valence-corrected chi connectivity index (χ0v) is 7.71. The van der Waals surface area contributed by atoms with Gasteiger partial charge in [-0.1, -0.05) is 0 Å². The Morgan fingerprint density at radius 1 is 1.33 bits per heavy atom. The van der Waals surface area contributed by atoms with E-state index in [9.17, 15) is 18.3 Å². The molecule has 0 aliphatic carbocycles. The summed E-state index contributed by atoms with van der Waals surface area (Å²) in [5, 5.41) is 9.25. The quantitative estimate of drug-likeness (QED) is 0.606. The molecule has 1 aromatic rings. The van der Waals surface area contributed by atoms with Gasteiger partial charge in [-0.15, -0.1) is 0 Å². The van der Waals surface area contributed by atoms with Crippen molar-refractivity contribution in [2.24, 2.45) is 0 Å². The lowest BCUT2D eigenvalue weighted by Crippen LogP contribution is -2.16. The van der Waals surface area contributed by atoms with Gasteiger partial charge in [-0.3, -0.25) is 0 Å². The summed E-state index contributed by atoms with van der Waals surface area (Å²) in [5.74, 6) is -0.133. The van der Waals surface area contributed by atoms with E-state index in [0.717, 1.165) is 0 Å². The van der Waals surface area contributed by atoms with Crippen LogP contribution in [-0.4, -0.2) is 17.9 Å². The summed E-state index contributed by atoms with van der Waals surface area (Å²) in [6, 6.07) is 4.12. The van der Waals surface area contributed by atoms with Gasteiger partial charge < -0.3 is 15.6 Å². The largest absolute Gasteiger partial charge is 0.508 e. The Labute approximate surface area is 84.3 Å². The molecule has 0 heterocycles. The van der Waals surface area contributed by atoms with Crippen LogP contribution < -0.4 is 5.73 Å². The number of halogens is 3. The van der Waals surface area contributed by atoms with Crippen molar-refractivity contribution in [3.05, 3.63) is 23.8 Å². The Bertz CT molecular complexity index is 339. The number of phenols is 1. The van der Waals surface area contributed by atoms with Crippen LogP contribution in [0, 0.1) is 0 Å². The predicted octanol–water partition coefficient (Wildman–Crippen LogP) is 2.05. The summed E-state index contributed by atoms with van der Waals surface area (Å²) >= 11 is 0. The van der Waals surface area contributed by atoms with E-state index in [-0.39, 0.29) is 17.9 Å². The first kappa shape index (κ1) is 11.6. The number of anilines is 1. The molecular weight excluding hydrogens is 211 g/mol. The van der Waals surface area contributed by atoms with E-state index in [1.54, 1.807) is 0 Å². The van der Waals surface area contributed by atoms with Gasteiger partial charge in [0.25, 0.3) is 0 Å². The number of hydrogen-bond acceptors (Lipinski definition) is 3. The van der Waals surface area contributed by atoms with Crippen LogP contribution in [0.1, 0.15) is 5.56 Å². The molecular formula is C9H10F3NO2. The maximum absolute atomic E-state index is 11.7. The van der Waals surface area contributed by atoms with Crippen molar-refractivity contribution in [3.8, 4) is 5.75 Å². The fourth-order valence-electron chi connectivity index (χ4n) is 0.998. The van der Waals surface area contributed by atoms with Crippen molar-refractivity contribution in [2.45, 2.75) is 12.8 Å². The number of hydrogen-bond donors (Lipinski definition) is 2. The van der Waals surface area contributed by atoms with E-state index in [0.29, 0.717) is 5.69 Å². The number of nitrogens with two attached hydrogens (primary N) is 1. The van der Waals surface area contributed by atoms with Crippen molar-refractivity contribution in [3.63, 3.8) is 0 Å². The molecule has 1 rings (SSSR count). The van der Waals surface area contributed by atoms with Crippen molar-refractivity contribution in [1.82, 2.24) is 0 Å². The second-order valence-corrected chi connectivity index (χ2v) is 3.00. The SMILES string of the molecule is Nc1ccc(O)c(COCC(F)(F)F)c1. The van der Waals surface area contributed by atoms with E-state index in [1.165, 1.54) is 18.2 Å². The molecule has 0 radical (unpaired) electrons. The monoisotopic (exact) mass is 221 g/mol. The van der Waals surface area contributed by atoms with Crippen LogP contribution in [0.3, 0.4) is 0 Å². The highest BCUT2D eigenvalue weighted by atomic mass is 19.4. The average Bonchev–Trinajstić information content (AvgIpc) is 2.09. The van der Waals surface area contributed by atoms with Gasteiger partial charge in [0, 0.05) is 11.3 Å². The molecule has 0 unspecified atom stereocenters. The Balaban J connectivity index is 2.54. The summed E-state index contributed by atoms with van der Waals surface area (Å²) in [5.41, 5.74) is 5.99. The number of nitrogen functional groups attached to an aromatic ring is 1. The third-order valence-corrected chi connectivity index (χ3v) is 1.63. The second kappa shape index (κ2) is 4.39. The van der Waals surface area contributed by atoms with Crippen LogP contribution in [0.15, 0.2) is 18.2 Å². The fourth-order valence-corrected chi connectivity index (χ4v) is 0.998. The maximum Gasteiger partial charge on any atom is 0.411 e. The van der Waals surface area contributed by atoms with Gasteiger partial charge in [0.1, 0.15) is 12.4 Å². The minimum atomic E-state index is -4.37. The Kier molecular flexibility index (Phi) is 3.41. The number of rotatable bonds is 3. The Morgan fingerprint density at radius 2 is 2.00 bits per heavy atom. The fraction of sp³-hybridized carbons (Fsp3) is 0.333. The molecule has 0 saturated heterocycles. The standard InChI is InChI=1S/C9H10F3NO2/c10-9(11,12)5-15-4-6-3-7(13)1-2-8(6)14/h1-3,14H,4-5,13H2. The lowest BCUT2D eigenvalue weighted by Gasteiger charge is -2.09. The van der Waals surface area contributed by atoms with Crippen LogP contribution in [0.5, 0.6) is 5.75 Å². The highest BCUT2D eigenvalue weighted by Gasteiger charge is 2.27. The molecule has 1 aromatic carbocycles. The molecule has 0 saturated carbocycles. The number of aromatic hydroxyl groups is 1. The zero-order valence-electron chi connectivity index (χ0n) is 7.71. The van der Waals surface area contributed by atoms with Crippen LogP contribution in [0.2, 0.25) is 0 Å². The summed E-state index contributed by atoms with van der Waals surface area (Å²) in [7, 11) is 0. The third-order valence-electron chi connectivity index (χ3n) is 1.63. The van der Waals surface area contributed by atoms with Crippen LogP contribution in [-0.2, 0) is 11.3 Å². The van der Waals surface area contributed by atoms with Crippen LogP contribution >= 0.6 is 0 Å². The predicted molar refractivity (Wildman–Crippen MR) is 48.2 cm³/mol. The number of ether oxygens (including phenoxy) is 1. The molecule has 0 aliphatic heterocycles. The van der Waals surface area contributed by atoms with Gasteiger partial charge in [-0.25, -0.2) is 0 Å². The molecule has 3 N–H and O–H groups in total. The molecule has 15 heavy (non-hydrogen) atoms. The molecule has 3 nitrogen and oxygen atoms in total. The van der Waals surface area contributed by atoms with Gasteiger partial charge in [-0.2, -0.15) is 13.2 Å².